The number of carbonyl (C=O) groups is 1. The van der Waals surface area contributed by atoms with E-state index in [9.17, 15) is 13.6 Å². The molecule has 1 saturated carbocycles. The predicted molar refractivity (Wildman–Crippen MR) is 69.4 cm³/mol. The Kier molecular flexibility index (Phi) is 4.15. The van der Waals surface area contributed by atoms with Crippen molar-refractivity contribution >= 4 is 21.7 Å². The van der Waals surface area contributed by atoms with Gasteiger partial charge >= 0.3 is 0 Å². The minimum Gasteiger partial charge on any atom is -0.300 e. The van der Waals surface area contributed by atoms with E-state index in [1.54, 1.807) is 6.92 Å². The van der Waals surface area contributed by atoms with Crippen molar-refractivity contribution in [1.82, 2.24) is 0 Å². The van der Waals surface area contributed by atoms with Crippen LogP contribution in [0.2, 0.25) is 0 Å². The summed E-state index contributed by atoms with van der Waals surface area (Å²) in [5, 5.41) is 0. The summed E-state index contributed by atoms with van der Waals surface area (Å²) in [6, 6.07) is 2.60. The maximum atomic E-state index is 13.8. The molecule has 0 spiro atoms. The third-order valence-electron chi connectivity index (χ3n) is 3.75. The van der Waals surface area contributed by atoms with E-state index in [-0.39, 0.29) is 23.2 Å². The summed E-state index contributed by atoms with van der Waals surface area (Å²) in [5.41, 5.74) is 0.181. The van der Waals surface area contributed by atoms with Crippen molar-refractivity contribution in [3.8, 4) is 0 Å². The van der Waals surface area contributed by atoms with Gasteiger partial charge in [-0.2, -0.15) is 0 Å². The van der Waals surface area contributed by atoms with Crippen LogP contribution in [0.1, 0.15) is 44.1 Å². The zero-order chi connectivity index (χ0) is 13.3. The van der Waals surface area contributed by atoms with Gasteiger partial charge in [-0.1, -0.05) is 15.9 Å². The second-order valence-electron chi connectivity index (χ2n) is 4.94. The van der Waals surface area contributed by atoms with Gasteiger partial charge in [0.2, 0.25) is 0 Å². The second-order valence-corrected chi connectivity index (χ2v) is 5.86. The van der Waals surface area contributed by atoms with Gasteiger partial charge in [-0.3, -0.25) is 4.79 Å². The molecule has 98 valence electrons. The summed E-state index contributed by atoms with van der Waals surface area (Å²) in [6.45, 7) is 1.59. The molecule has 0 atom stereocenters. The van der Waals surface area contributed by atoms with Crippen LogP contribution in [0.5, 0.6) is 0 Å². The summed E-state index contributed by atoms with van der Waals surface area (Å²) in [5.74, 6) is -0.831. The van der Waals surface area contributed by atoms with Gasteiger partial charge in [0.25, 0.3) is 0 Å². The van der Waals surface area contributed by atoms with Crippen LogP contribution < -0.4 is 0 Å². The highest BCUT2D eigenvalue weighted by molar-refractivity contribution is 9.10. The molecule has 0 radical (unpaired) electrons. The van der Waals surface area contributed by atoms with E-state index < -0.39 is 11.6 Å². The van der Waals surface area contributed by atoms with Crippen LogP contribution in [0.25, 0.3) is 0 Å². The van der Waals surface area contributed by atoms with Crippen molar-refractivity contribution in [1.29, 1.82) is 0 Å². The van der Waals surface area contributed by atoms with Crippen LogP contribution in [-0.2, 0) is 4.79 Å². The molecule has 0 aliphatic heterocycles. The molecule has 0 N–H and O–H groups in total. The van der Waals surface area contributed by atoms with Crippen molar-refractivity contribution in [2.75, 3.05) is 0 Å². The van der Waals surface area contributed by atoms with Gasteiger partial charge in [0, 0.05) is 16.0 Å². The summed E-state index contributed by atoms with van der Waals surface area (Å²) < 4.78 is 28.0. The molecule has 1 aromatic carbocycles. The molecule has 0 bridgehead atoms. The lowest BCUT2D eigenvalue weighted by Gasteiger charge is -2.27. The number of hydrogen-bond donors (Lipinski definition) is 0. The van der Waals surface area contributed by atoms with Crippen LogP contribution in [0.15, 0.2) is 16.6 Å². The average molecular weight is 317 g/mol. The van der Waals surface area contributed by atoms with Gasteiger partial charge in [-0.15, -0.1) is 0 Å². The van der Waals surface area contributed by atoms with Gasteiger partial charge in [-0.25, -0.2) is 8.78 Å². The fourth-order valence-electron chi connectivity index (χ4n) is 2.73. The lowest BCUT2D eigenvalue weighted by molar-refractivity contribution is -0.121. The number of halogens is 3. The number of rotatable bonds is 2. The van der Waals surface area contributed by atoms with Gasteiger partial charge in [0.15, 0.2) is 0 Å². The minimum absolute atomic E-state index is 0.0721. The van der Waals surface area contributed by atoms with E-state index in [4.69, 9.17) is 0 Å². The van der Waals surface area contributed by atoms with Crippen LogP contribution in [-0.4, -0.2) is 5.78 Å². The predicted octanol–water partition coefficient (Wildman–Crippen LogP) is 4.59. The number of benzene rings is 1. The SMILES string of the molecule is CC(=O)C1CCC(c2c(F)cc(Br)cc2F)CC1. The quantitative estimate of drug-likeness (QED) is 0.780. The van der Waals surface area contributed by atoms with Gasteiger partial charge in [0.1, 0.15) is 17.4 Å². The third kappa shape index (κ3) is 2.79. The number of Topliss-reactive ketones (excluding diaryl/α,β-unsaturated/α-hetero) is 1. The Morgan fingerprint density at radius 3 is 2.11 bits per heavy atom. The molecule has 1 aliphatic carbocycles. The monoisotopic (exact) mass is 316 g/mol. The molecule has 0 aromatic heterocycles. The second kappa shape index (κ2) is 5.47. The summed E-state index contributed by atoms with van der Waals surface area (Å²) in [4.78, 5) is 11.3. The van der Waals surface area contributed by atoms with Crippen molar-refractivity contribution in [3.05, 3.63) is 33.8 Å². The third-order valence-corrected chi connectivity index (χ3v) is 4.21. The molecule has 18 heavy (non-hydrogen) atoms. The zero-order valence-corrected chi connectivity index (χ0v) is 11.8. The molecule has 0 unspecified atom stereocenters. The van der Waals surface area contributed by atoms with E-state index in [0.717, 1.165) is 12.8 Å². The van der Waals surface area contributed by atoms with Crippen molar-refractivity contribution in [2.24, 2.45) is 5.92 Å². The Labute approximate surface area is 114 Å². The molecule has 1 aliphatic rings. The minimum atomic E-state index is -0.492. The van der Waals surface area contributed by atoms with Gasteiger partial charge in [-0.05, 0) is 50.7 Å². The Balaban J connectivity index is 2.17. The standard InChI is InChI=1S/C14H15BrF2O/c1-8(18)9-2-4-10(5-3-9)14-12(16)6-11(15)7-13(14)17/h6-7,9-10H,2-5H2,1H3. The van der Waals surface area contributed by atoms with E-state index in [0.29, 0.717) is 17.3 Å². The molecule has 0 saturated heterocycles. The van der Waals surface area contributed by atoms with Gasteiger partial charge < -0.3 is 0 Å². The largest absolute Gasteiger partial charge is 0.300 e. The molecule has 0 amide bonds. The molecular formula is C14H15BrF2O. The van der Waals surface area contributed by atoms with Crippen LogP contribution in [0.4, 0.5) is 8.78 Å². The Hall–Kier alpha value is -0.770. The highest BCUT2D eigenvalue weighted by Crippen LogP contribution is 2.38. The Bertz CT molecular complexity index is 442. The average Bonchev–Trinajstić information content (AvgIpc) is 2.28. The van der Waals surface area contributed by atoms with Crippen LogP contribution in [0.3, 0.4) is 0 Å². The molecule has 2 rings (SSSR count). The summed E-state index contributed by atoms with van der Waals surface area (Å²) in [6.07, 6.45) is 2.82. The molecule has 1 fully saturated rings. The van der Waals surface area contributed by atoms with E-state index in [1.165, 1.54) is 12.1 Å². The first-order valence-corrected chi connectivity index (χ1v) is 6.93. The molecular weight excluding hydrogens is 302 g/mol. The number of hydrogen-bond acceptors (Lipinski definition) is 1. The first kappa shape index (κ1) is 13.7. The molecule has 1 aromatic rings. The van der Waals surface area contributed by atoms with E-state index >= 15 is 0 Å². The fraction of sp³-hybridized carbons (Fsp3) is 0.500. The smallest absolute Gasteiger partial charge is 0.132 e. The zero-order valence-electron chi connectivity index (χ0n) is 10.2. The van der Waals surface area contributed by atoms with Crippen LogP contribution >= 0.6 is 15.9 Å². The Morgan fingerprint density at radius 1 is 1.17 bits per heavy atom. The highest BCUT2D eigenvalue weighted by Gasteiger charge is 2.28. The van der Waals surface area contributed by atoms with Crippen molar-refractivity contribution in [3.63, 3.8) is 0 Å². The maximum absolute atomic E-state index is 13.8. The number of carbonyl (C=O) groups excluding carboxylic acids is 1. The summed E-state index contributed by atoms with van der Waals surface area (Å²) in [7, 11) is 0. The maximum Gasteiger partial charge on any atom is 0.132 e. The topological polar surface area (TPSA) is 17.1 Å². The highest BCUT2D eigenvalue weighted by atomic mass is 79.9. The lowest BCUT2D eigenvalue weighted by atomic mass is 9.77. The van der Waals surface area contributed by atoms with Crippen molar-refractivity contribution in [2.45, 2.75) is 38.5 Å². The Morgan fingerprint density at radius 2 is 1.67 bits per heavy atom. The van der Waals surface area contributed by atoms with Crippen LogP contribution in [0, 0.1) is 17.6 Å². The lowest BCUT2D eigenvalue weighted by Crippen LogP contribution is -2.20. The molecule has 1 nitrogen and oxygen atoms in total. The van der Waals surface area contributed by atoms with E-state index in [2.05, 4.69) is 15.9 Å². The first-order valence-electron chi connectivity index (χ1n) is 6.14. The van der Waals surface area contributed by atoms with Gasteiger partial charge in [0.05, 0.1) is 0 Å². The normalized spacial score (nSPS) is 24.0. The van der Waals surface area contributed by atoms with E-state index in [1.807, 2.05) is 0 Å². The fourth-order valence-corrected chi connectivity index (χ4v) is 3.13. The summed E-state index contributed by atoms with van der Waals surface area (Å²) >= 11 is 3.08. The molecule has 0 heterocycles. The first-order chi connectivity index (χ1) is 8.49. The van der Waals surface area contributed by atoms with Crippen molar-refractivity contribution < 1.29 is 13.6 Å². The number of ketones is 1. The molecule has 4 heteroatoms.